The number of likely N-dealkylation sites (N-methyl/N-ethyl adjacent to an activating group) is 1. The Morgan fingerprint density at radius 1 is 1.19 bits per heavy atom. The fourth-order valence-corrected chi connectivity index (χ4v) is 2.23. The summed E-state index contributed by atoms with van der Waals surface area (Å²) in [6, 6.07) is 7.12. The van der Waals surface area contributed by atoms with Crippen molar-refractivity contribution in [3.05, 3.63) is 29.8 Å². The number of benzene rings is 1. The Balaban J connectivity index is 2.02. The summed E-state index contributed by atoms with van der Waals surface area (Å²) in [5.74, 6) is 0.496. The quantitative estimate of drug-likeness (QED) is 0.891. The van der Waals surface area contributed by atoms with Gasteiger partial charge in [-0.1, -0.05) is 18.2 Å². The molecule has 0 saturated carbocycles. The van der Waals surface area contributed by atoms with Gasteiger partial charge in [-0.05, 0) is 13.1 Å². The molecule has 1 heterocycles. The van der Waals surface area contributed by atoms with Gasteiger partial charge in [0.2, 0.25) is 5.91 Å². The summed E-state index contributed by atoms with van der Waals surface area (Å²) >= 11 is 0. The first kappa shape index (κ1) is 15.3. The van der Waals surface area contributed by atoms with Gasteiger partial charge in [-0.3, -0.25) is 4.79 Å². The molecule has 1 aliphatic rings. The van der Waals surface area contributed by atoms with E-state index in [0.29, 0.717) is 5.75 Å². The van der Waals surface area contributed by atoms with Gasteiger partial charge in [0.25, 0.3) is 0 Å². The Bertz CT molecular complexity index is 511. The lowest BCUT2D eigenvalue weighted by Crippen LogP contribution is -2.47. The summed E-state index contributed by atoms with van der Waals surface area (Å²) in [5.41, 5.74) is 0.727. The largest absolute Gasteiger partial charge is 0.412 e. The van der Waals surface area contributed by atoms with Crippen molar-refractivity contribution in [3.63, 3.8) is 0 Å². The highest BCUT2D eigenvalue weighted by molar-refractivity contribution is 5.80. The summed E-state index contributed by atoms with van der Waals surface area (Å²) in [5, 5.41) is 2.40. The van der Waals surface area contributed by atoms with E-state index >= 15 is 0 Å². The lowest BCUT2D eigenvalue weighted by molar-refractivity contribution is -0.132. The average molecular weight is 291 g/mol. The molecule has 0 unspecified atom stereocenters. The molecular formula is C15H21N3O3. The van der Waals surface area contributed by atoms with Crippen LogP contribution in [0.5, 0.6) is 5.75 Å². The van der Waals surface area contributed by atoms with Crippen LogP contribution in [0.3, 0.4) is 0 Å². The molecule has 6 nitrogen and oxygen atoms in total. The van der Waals surface area contributed by atoms with Crippen LogP contribution in [0, 0.1) is 0 Å². The molecule has 6 heteroatoms. The standard InChI is InChI=1S/C15H21N3O3/c1-16-15(20)21-13-6-4-3-5-12(13)11-14(19)18-9-7-17(2)8-10-18/h3-6H,7-11H2,1-2H3,(H,16,20). The maximum atomic E-state index is 12.3. The predicted octanol–water partition coefficient (Wildman–Crippen LogP) is 0.721. The topological polar surface area (TPSA) is 61.9 Å². The van der Waals surface area contributed by atoms with Crippen molar-refractivity contribution >= 4 is 12.0 Å². The lowest BCUT2D eigenvalue weighted by Gasteiger charge is -2.32. The van der Waals surface area contributed by atoms with E-state index in [1.165, 1.54) is 7.05 Å². The van der Waals surface area contributed by atoms with Crippen molar-refractivity contribution in [1.82, 2.24) is 15.1 Å². The molecule has 1 aromatic carbocycles. The minimum atomic E-state index is -0.533. The van der Waals surface area contributed by atoms with Gasteiger partial charge in [-0.2, -0.15) is 0 Å². The molecule has 21 heavy (non-hydrogen) atoms. The fourth-order valence-electron chi connectivity index (χ4n) is 2.23. The highest BCUT2D eigenvalue weighted by Gasteiger charge is 2.20. The van der Waals surface area contributed by atoms with Crippen LogP contribution in [0.15, 0.2) is 24.3 Å². The van der Waals surface area contributed by atoms with Gasteiger partial charge in [0, 0.05) is 38.8 Å². The van der Waals surface area contributed by atoms with E-state index in [1.807, 2.05) is 24.1 Å². The van der Waals surface area contributed by atoms with E-state index in [2.05, 4.69) is 10.2 Å². The van der Waals surface area contributed by atoms with Gasteiger partial charge in [0.1, 0.15) is 5.75 Å². The monoisotopic (exact) mass is 291 g/mol. The molecule has 1 aliphatic heterocycles. The number of amides is 2. The third-order valence-corrected chi connectivity index (χ3v) is 3.58. The normalized spacial score (nSPS) is 15.6. The number of carbonyl (C=O) groups excluding carboxylic acids is 2. The van der Waals surface area contributed by atoms with Gasteiger partial charge in [-0.15, -0.1) is 0 Å². The van der Waals surface area contributed by atoms with Gasteiger partial charge in [0.15, 0.2) is 0 Å². The zero-order valence-electron chi connectivity index (χ0n) is 12.5. The van der Waals surface area contributed by atoms with Crippen molar-refractivity contribution in [2.24, 2.45) is 0 Å². The third-order valence-electron chi connectivity index (χ3n) is 3.58. The summed E-state index contributed by atoms with van der Waals surface area (Å²) < 4.78 is 5.17. The number of rotatable bonds is 3. The highest BCUT2D eigenvalue weighted by atomic mass is 16.6. The first-order chi connectivity index (χ1) is 10.1. The second-order valence-electron chi connectivity index (χ2n) is 5.11. The minimum Gasteiger partial charge on any atom is -0.410 e. The number of hydrogen-bond acceptors (Lipinski definition) is 4. The number of hydrogen-bond donors (Lipinski definition) is 1. The first-order valence-corrected chi connectivity index (χ1v) is 7.04. The minimum absolute atomic E-state index is 0.0658. The zero-order chi connectivity index (χ0) is 15.2. The van der Waals surface area contributed by atoms with E-state index in [0.717, 1.165) is 31.7 Å². The summed E-state index contributed by atoms with van der Waals surface area (Å²) in [4.78, 5) is 27.7. The summed E-state index contributed by atoms with van der Waals surface area (Å²) in [6.45, 7) is 3.27. The molecule has 0 radical (unpaired) electrons. The van der Waals surface area contributed by atoms with Crippen molar-refractivity contribution in [3.8, 4) is 5.75 Å². The molecule has 114 valence electrons. The Morgan fingerprint density at radius 2 is 1.86 bits per heavy atom. The molecule has 0 aliphatic carbocycles. The third kappa shape index (κ3) is 4.19. The Hall–Kier alpha value is -2.08. The highest BCUT2D eigenvalue weighted by Crippen LogP contribution is 2.19. The van der Waals surface area contributed by atoms with E-state index in [1.54, 1.807) is 12.1 Å². The van der Waals surface area contributed by atoms with E-state index in [9.17, 15) is 9.59 Å². The Labute approximate surface area is 124 Å². The van der Waals surface area contributed by atoms with E-state index in [4.69, 9.17) is 4.74 Å². The molecule has 0 atom stereocenters. The van der Waals surface area contributed by atoms with Crippen molar-refractivity contribution in [2.45, 2.75) is 6.42 Å². The fraction of sp³-hybridized carbons (Fsp3) is 0.467. The average Bonchev–Trinajstić information content (AvgIpc) is 2.49. The number of nitrogens with one attached hydrogen (secondary N) is 1. The molecule has 2 rings (SSSR count). The van der Waals surface area contributed by atoms with Gasteiger partial charge >= 0.3 is 6.09 Å². The molecule has 1 N–H and O–H groups in total. The molecule has 1 aromatic rings. The van der Waals surface area contributed by atoms with Crippen molar-refractivity contribution in [2.75, 3.05) is 40.3 Å². The van der Waals surface area contributed by atoms with Crippen LogP contribution in [0.25, 0.3) is 0 Å². The maximum absolute atomic E-state index is 12.3. The summed E-state index contributed by atoms with van der Waals surface area (Å²) in [7, 11) is 3.55. The molecule has 0 aromatic heterocycles. The second-order valence-corrected chi connectivity index (χ2v) is 5.11. The molecule has 1 saturated heterocycles. The number of nitrogens with zero attached hydrogens (tertiary/aromatic N) is 2. The maximum Gasteiger partial charge on any atom is 0.412 e. The number of piperazine rings is 1. The van der Waals surface area contributed by atoms with Crippen LogP contribution < -0.4 is 10.1 Å². The molecule has 2 amide bonds. The van der Waals surface area contributed by atoms with Crippen LogP contribution in [-0.4, -0.2) is 62.1 Å². The van der Waals surface area contributed by atoms with Crippen molar-refractivity contribution < 1.29 is 14.3 Å². The smallest absolute Gasteiger partial charge is 0.410 e. The molecule has 0 spiro atoms. The lowest BCUT2D eigenvalue weighted by atomic mass is 10.1. The number of ether oxygens (including phenoxy) is 1. The Morgan fingerprint density at radius 3 is 2.52 bits per heavy atom. The number of carbonyl (C=O) groups is 2. The van der Waals surface area contributed by atoms with E-state index < -0.39 is 6.09 Å². The summed E-state index contributed by atoms with van der Waals surface area (Å²) in [6.07, 6.45) is -0.286. The van der Waals surface area contributed by atoms with Crippen LogP contribution in [-0.2, 0) is 11.2 Å². The van der Waals surface area contributed by atoms with Gasteiger partial charge in [-0.25, -0.2) is 4.79 Å². The Kier molecular flexibility index (Phi) is 5.16. The van der Waals surface area contributed by atoms with Crippen LogP contribution >= 0.6 is 0 Å². The molecule has 0 bridgehead atoms. The zero-order valence-corrected chi connectivity index (χ0v) is 12.5. The van der Waals surface area contributed by atoms with E-state index in [-0.39, 0.29) is 12.3 Å². The SMILES string of the molecule is CNC(=O)Oc1ccccc1CC(=O)N1CCN(C)CC1. The molecule has 1 fully saturated rings. The van der Waals surface area contributed by atoms with Crippen LogP contribution in [0.1, 0.15) is 5.56 Å². The first-order valence-electron chi connectivity index (χ1n) is 7.04. The molecular weight excluding hydrogens is 270 g/mol. The second kappa shape index (κ2) is 7.08. The van der Waals surface area contributed by atoms with Gasteiger partial charge < -0.3 is 19.9 Å². The van der Waals surface area contributed by atoms with Crippen LogP contribution in [0.2, 0.25) is 0 Å². The predicted molar refractivity (Wildman–Crippen MR) is 79.3 cm³/mol. The van der Waals surface area contributed by atoms with Crippen molar-refractivity contribution in [1.29, 1.82) is 0 Å². The van der Waals surface area contributed by atoms with Crippen LogP contribution in [0.4, 0.5) is 4.79 Å². The number of para-hydroxylation sites is 1. The van der Waals surface area contributed by atoms with Gasteiger partial charge in [0.05, 0.1) is 6.42 Å².